The Hall–Kier alpha value is -0.870. The standard InChI is InChI=1S/C19H25BrN2O/c1-22(12-18(23)21-17-4-2-16(20)3-5-17)19-9-13-6-14(10-19)8-15(7-13)11-19/h2-5,13-15H,6-12H2,1H3,(H,21,23). The molecular formula is C19H25BrN2O. The monoisotopic (exact) mass is 376 g/mol. The van der Waals surface area contributed by atoms with Crippen molar-refractivity contribution in [2.24, 2.45) is 17.8 Å². The number of nitrogens with one attached hydrogen (secondary N) is 1. The highest BCUT2D eigenvalue weighted by Crippen LogP contribution is 2.57. The Balaban J connectivity index is 1.40. The number of benzene rings is 1. The molecule has 0 aromatic heterocycles. The smallest absolute Gasteiger partial charge is 0.238 e. The molecule has 4 aliphatic carbocycles. The molecule has 0 spiro atoms. The molecule has 1 aromatic rings. The number of rotatable bonds is 4. The van der Waals surface area contributed by atoms with E-state index in [2.05, 4.69) is 33.2 Å². The largest absolute Gasteiger partial charge is 0.325 e. The summed E-state index contributed by atoms with van der Waals surface area (Å²) in [5.74, 6) is 2.85. The van der Waals surface area contributed by atoms with Crippen LogP contribution in [0, 0.1) is 17.8 Å². The van der Waals surface area contributed by atoms with Crippen LogP contribution in [0.4, 0.5) is 5.69 Å². The third kappa shape index (κ3) is 3.08. The van der Waals surface area contributed by atoms with Crippen molar-refractivity contribution in [3.8, 4) is 0 Å². The van der Waals surface area contributed by atoms with Crippen LogP contribution in [0.1, 0.15) is 38.5 Å². The van der Waals surface area contributed by atoms with Crippen LogP contribution in [0.25, 0.3) is 0 Å². The summed E-state index contributed by atoms with van der Waals surface area (Å²) in [4.78, 5) is 14.8. The van der Waals surface area contributed by atoms with Gasteiger partial charge in [0.05, 0.1) is 6.54 Å². The van der Waals surface area contributed by atoms with Gasteiger partial charge >= 0.3 is 0 Å². The number of anilines is 1. The Kier molecular flexibility index (Phi) is 4.01. The predicted octanol–water partition coefficient (Wildman–Crippen LogP) is 4.29. The van der Waals surface area contributed by atoms with Gasteiger partial charge in [0.2, 0.25) is 5.91 Å². The lowest BCUT2D eigenvalue weighted by Crippen LogP contribution is -2.59. The molecule has 4 fully saturated rings. The quantitative estimate of drug-likeness (QED) is 0.849. The maximum absolute atomic E-state index is 12.4. The minimum Gasteiger partial charge on any atom is -0.325 e. The van der Waals surface area contributed by atoms with Crippen LogP contribution in [0.15, 0.2) is 28.7 Å². The Morgan fingerprint density at radius 1 is 1.13 bits per heavy atom. The van der Waals surface area contributed by atoms with E-state index in [0.717, 1.165) is 27.9 Å². The lowest BCUT2D eigenvalue weighted by Gasteiger charge is -2.59. The first-order valence-corrected chi connectivity index (χ1v) is 9.58. The van der Waals surface area contributed by atoms with Crippen molar-refractivity contribution in [1.82, 2.24) is 4.90 Å². The van der Waals surface area contributed by atoms with Crippen LogP contribution < -0.4 is 5.32 Å². The Morgan fingerprint density at radius 2 is 1.65 bits per heavy atom. The van der Waals surface area contributed by atoms with Crippen molar-refractivity contribution >= 4 is 27.5 Å². The van der Waals surface area contributed by atoms with Gasteiger partial charge in [-0.25, -0.2) is 0 Å². The van der Waals surface area contributed by atoms with Crippen LogP contribution in [0.2, 0.25) is 0 Å². The summed E-state index contributed by atoms with van der Waals surface area (Å²) in [5.41, 5.74) is 1.17. The molecule has 1 amide bonds. The van der Waals surface area contributed by atoms with E-state index in [1.54, 1.807) is 0 Å². The molecule has 0 unspecified atom stereocenters. The highest BCUT2D eigenvalue weighted by molar-refractivity contribution is 9.10. The van der Waals surface area contributed by atoms with E-state index in [9.17, 15) is 4.79 Å². The third-order valence-corrected chi connectivity index (χ3v) is 6.85. The van der Waals surface area contributed by atoms with E-state index in [0.29, 0.717) is 12.1 Å². The highest BCUT2D eigenvalue weighted by atomic mass is 79.9. The first-order chi connectivity index (χ1) is 11.0. The normalized spacial score (nSPS) is 34.8. The van der Waals surface area contributed by atoms with Crippen LogP contribution in [-0.4, -0.2) is 29.9 Å². The molecule has 23 heavy (non-hydrogen) atoms. The van der Waals surface area contributed by atoms with E-state index < -0.39 is 0 Å². The summed E-state index contributed by atoms with van der Waals surface area (Å²) in [6.07, 6.45) is 8.25. The van der Waals surface area contributed by atoms with Gasteiger partial charge in [-0.3, -0.25) is 9.69 Å². The van der Waals surface area contributed by atoms with Crippen LogP contribution in [-0.2, 0) is 4.79 Å². The molecule has 3 nitrogen and oxygen atoms in total. The van der Waals surface area contributed by atoms with Gasteiger partial charge in [-0.2, -0.15) is 0 Å². The molecule has 0 heterocycles. The predicted molar refractivity (Wildman–Crippen MR) is 96.3 cm³/mol. The topological polar surface area (TPSA) is 32.3 Å². The molecule has 0 atom stereocenters. The molecule has 1 aromatic carbocycles. The fraction of sp³-hybridized carbons (Fsp3) is 0.632. The number of carbonyl (C=O) groups excluding carboxylic acids is 1. The Labute approximate surface area is 146 Å². The van der Waals surface area contributed by atoms with Crippen molar-refractivity contribution in [3.63, 3.8) is 0 Å². The molecule has 5 rings (SSSR count). The zero-order valence-corrected chi connectivity index (χ0v) is 15.3. The summed E-state index contributed by atoms with van der Waals surface area (Å²) in [6, 6.07) is 7.79. The van der Waals surface area contributed by atoms with E-state index in [1.807, 2.05) is 24.3 Å². The molecule has 4 bridgehead atoms. The van der Waals surface area contributed by atoms with Gasteiger partial charge in [0.15, 0.2) is 0 Å². The fourth-order valence-electron chi connectivity index (χ4n) is 5.65. The summed E-state index contributed by atoms with van der Waals surface area (Å²) in [7, 11) is 2.16. The number of nitrogens with zero attached hydrogens (tertiary/aromatic N) is 1. The van der Waals surface area contributed by atoms with Gasteiger partial charge in [-0.15, -0.1) is 0 Å². The number of carbonyl (C=O) groups is 1. The molecule has 4 saturated carbocycles. The first-order valence-electron chi connectivity index (χ1n) is 8.79. The summed E-state index contributed by atoms with van der Waals surface area (Å²) in [6.45, 7) is 0.502. The van der Waals surface area contributed by atoms with Gasteiger partial charge in [0, 0.05) is 15.7 Å². The first kappa shape index (κ1) is 15.6. The minimum absolute atomic E-state index is 0.102. The molecular weight excluding hydrogens is 352 g/mol. The summed E-state index contributed by atoms with van der Waals surface area (Å²) < 4.78 is 1.03. The second-order valence-corrected chi connectivity index (χ2v) is 8.97. The molecule has 0 radical (unpaired) electrons. The van der Waals surface area contributed by atoms with E-state index in [1.165, 1.54) is 38.5 Å². The summed E-state index contributed by atoms with van der Waals surface area (Å²) >= 11 is 3.42. The SMILES string of the molecule is CN(CC(=O)Nc1ccc(Br)cc1)C12CC3CC(CC(C3)C1)C2. The summed E-state index contributed by atoms with van der Waals surface area (Å²) in [5, 5.41) is 3.03. The van der Waals surface area contributed by atoms with Crippen molar-refractivity contribution in [1.29, 1.82) is 0 Å². The molecule has 4 heteroatoms. The second-order valence-electron chi connectivity index (χ2n) is 8.05. The Bertz CT molecular complexity index is 563. The zero-order chi connectivity index (χ0) is 16.0. The van der Waals surface area contributed by atoms with Crippen molar-refractivity contribution in [2.45, 2.75) is 44.1 Å². The van der Waals surface area contributed by atoms with Gasteiger partial charge in [0.1, 0.15) is 0 Å². The van der Waals surface area contributed by atoms with E-state index in [4.69, 9.17) is 0 Å². The molecule has 0 saturated heterocycles. The number of halogens is 1. The van der Waals surface area contributed by atoms with Gasteiger partial charge in [-0.1, -0.05) is 15.9 Å². The minimum atomic E-state index is 0.102. The van der Waals surface area contributed by atoms with Crippen LogP contribution in [0.3, 0.4) is 0 Å². The number of hydrogen-bond donors (Lipinski definition) is 1. The average Bonchev–Trinajstić information content (AvgIpc) is 2.48. The van der Waals surface area contributed by atoms with Crippen LogP contribution >= 0.6 is 15.9 Å². The van der Waals surface area contributed by atoms with Crippen LogP contribution in [0.5, 0.6) is 0 Å². The van der Waals surface area contributed by atoms with Gasteiger partial charge in [-0.05, 0) is 87.6 Å². The molecule has 124 valence electrons. The lowest BCUT2D eigenvalue weighted by molar-refractivity contribution is -0.123. The van der Waals surface area contributed by atoms with Gasteiger partial charge < -0.3 is 5.32 Å². The van der Waals surface area contributed by atoms with Crippen molar-refractivity contribution in [2.75, 3.05) is 18.9 Å². The molecule has 4 aliphatic rings. The molecule has 1 N–H and O–H groups in total. The maximum Gasteiger partial charge on any atom is 0.238 e. The van der Waals surface area contributed by atoms with E-state index >= 15 is 0 Å². The second kappa shape index (κ2) is 5.89. The van der Waals surface area contributed by atoms with Crippen molar-refractivity contribution < 1.29 is 4.79 Å². The number of hydrogen-bond acceptors (Lipinski definition) is 2. The number of amides is 1. The highest BCUT2D eigenvalue weighted by Gasteiger charge is 2.52. The van der Waals surface area contributed by atoms with Crippen molar-refractivity contribution in [3.05, 3.63) is 28.7 Å². The van der Waals surface area contributed by atoms with Gasteiger partial charge in [0.25, 0.3) is 0 Å². The third-order valence-electron chi connectivity index (χ3n) is 6.32. The average molecular weight is 377 g/mol. The lowest BCUT2D eigenvalue weighted by atomic mass is 9.52. The molecule has 0 aliphatic heterocycles. The maximum atomic E-state index is 12.4. The number of likely N-dealkylation sites (N-methyl/N-ethyl adjacent to an activating group) is 1. The van der Waals surface area contributed by atoms with E-state index in [-0.39, 0.29) is 5.91 Å². The fourth-order valence-corrected chi connectivity index (χ4v) is 5.91. The Morgan fingerprint density at radius 3 is 2.17 bits per heavy atom. The zero-order valence-electron chi connectivity index (χ0n) is 13.7.